The molecule has 4 aromatic rings. The lowest BCUT2D eigenvalue weighted by Gasteiger charge is -2.34. The summed E-state index contributed by atoms with van der Waals surface area (Å²) in [6.07, 6.45) is 1.74. The van der Waals surface area contributed by atoms with Crippen molar-refractivity contribution >= 4 is 22.2 Å². The first-order valence-corrected chi connectivity index (χ1v) is 12.0. The van der Waals surface area contributed by atoms with Gasteiger partial charge in [-0.2, -0.15) is 0 Å². The molecule has 1 amide bonds. The Morgan fingerprint density at radius 2 is 1.91 bits per heavy atom. The number of benzene rings is 1. The quantitative estimate of drug-likeness (QED) is 0.420. The van der Waals surface area contributed by atoms with Crippen LogP contribution in [0.1, 0.15) is 33.1 Å². The van der Waals surface area contributed by atoms with Gasteiger partial charge in [0.25, 0.3) is 11.5 Å². The highest BCUT2D eigenvalue weighted by Gasteiger charge is 2.23. The number of piperazine rings is 1. The molecule has 0 unspecified atom stereocenters. The third kappa shape index (κ3) is 4.59. The molecule has 5 rings (SSSR count). The van der Waals surface area contributed by atoms with Gasteiger partial charge in [0.2, 0.25) is 0 Å². The Morgan fingerprint density at radius 3 is 2.62 bits per heavy atom. The molecule has 0 spiro atoms. The molecule has 0 aliphatic carbocycles. The van der Waals surface area contributed by atoms with Crippen molar-refractivity contribution in [2.75, 3.05) is 26.2 Å². The Morgan fingerprint density at radius 1 is 1.15 bits per heavy atom. The summed E-state index contributed by atoms with van der Waals surface area (Å²) < 4.78 is 12.5. The van der Waals surface area contributed by atoms with E-state index >= 15 is 0 Å². The summed E-state index contributed by atoms with van der Waals surface area (Å²) >= 11 is 1.45. The van der Waals surface area contributed by atoms with E-state index in [1.807, 2.05) is 36.3 Å². The van der Waals surface area contributed by atoms with Gasteiger partial charge < -0.3 is 14.2 Å². The Balaban J connectivity index is 1.15. The summed E-state index contributed by atoms with van der Waals surface area (Å²) in [4.78, 5) is 34.5. The molecule has 1 aromatic carbocycles. The molecule has 0 radical (unpaired) electrons. The summed E-state index contributed by atoms with van der Waals surface area (Å²) in [6.45, 7) is 7.44. The molecule has 3 aromatic heterocycles. The number of ether oxygens (including phenoxy) is 1. The van der Waals surface area contributed by atoms with Crippen LogP contribution >= 0.6 is 11.3 Å². The molecule has 0 N–H and O–H groups in total. The Kier molecular flexibility index (Phi) is 6.16. The zero-order valence-corrected chi connectivity index (χ0v) is 19.9. The van der Waals surface area contributed by atoms with Gasteiger partial charge >= 0.3 is 0 Å². The number of aryl methyl sites for hydroxylation is 2. The van der Waals surface area contributed by atoms with E-state index in [-0.39, 0.29) is 11.5 Å². The number of aromatic nitrogens is 3. The number of carbonyl (C=O) groups excluding carboxylic acids is 1. The molecule has 0 bridgehead atoms. The van der Waals surface area contributed by atoms with Crippen molar-refractivity contribution in [3.8, 4) is 5.75 Å². The fourth-order valence-corrected chi connectivity index (χ4v) is 4.79. The van der Waals surface area contributed by atoms with Crippen LogP contribution in [0.2, 0.25) is 0 Å². The second-order valence-electron chi connectivity index (χ2n) is 8.33. The van der Waals surface area contributed by atoms with Crippen molar-refractivity contribution in [1.82, 2.24) is 24.3 Å². The molecular formula is C24H25N5O4S. The number of hydrogen-bond donors (Lipinski definition) is 0. The molecule has 0 saturated carbocycles. The van der Waals surface area contributed by atoms with Gasteiger partial charge in [-0.25, -0.2) is 4.98 Å². The summed E-state index contributed by atoms with van der Waals surface area (Å²) in [5.74, 6) is 1.44. The molecule has 1 saturated heterocycles. The molecule has 4 heterocycles. The van der Waals surface area contributed by atoms with Gasteiger partial charge in [-0.1, -0.05) is 5.16 Å². The smallest absolute Gasteiger partial charge is 0.258 e. The van der Waals surface area contributed by atoms with Crippen molar-refractivity contribution in [2.24, 2.45) is 0 Å². The van der Waals surface area contributed by atoms with E-state index in [4.69, 9.17) is 9.26 Å². The summed E-state index contributed by atoms with van der Waals surface area (Å²) in [7, 11) is 0. The van der Waals surface area contributed by atoms with Crippen molar-refractivity contribution in [3.05, 3.63) is 80.5 Å². The normalized spacial score (nSPS) is 14.6. The average molecular weight is 480 g/mol. The van der Waals surface area contributed by atoms with Gasteiger partial charge in [-0.05, 0) is 38.1 Å². The topological polar surface area (TPSA) is 93.2 Å². The van der Waals surface area contributed by atoms with E-state index in [1.54, 1.807) is 28.8 Å². The summed E-state index contributed by atoms with van der Waals surface area (Å²) in [6, 6.07) is 8.81. The summed E-state index contributed by atoms with van der Waals surface area (Å²) in [5.41, 5.74) is 3.09. The molecule has 34 heavy (non-hydrogen) atoms. The van der Waals surface area contributed by atoms with Crippen molar-refractivity contribution in [2.45, 2.75) is 27.0 Å². The van der Waals surface area contributed by atoms with Crippen LogP contribution in [0.3, 0.4) is 0 Å². The predicted molar refractivity (Wildman–Crippen MR) is 127 cm³/mol. The lowest BCUT2D eigenvalue weighted by Crippen LogP contribution is -2.48. The minimum Gasteiger partial charge on any atom is -0.489 e. The Labute approximate surface area is 200 Å². The van der Waals surface area contributed by atoms with Crippen molar-refractivity contribution < 1.29 is 14.1 Å². The maximum atomic E-state index is 13.0. The third-order valence-electron chi connectivity index (χ3n) is 6.07. The number of carbonyl (C=O) groups is 1. The Hall–Kier alpha value is -3.50. The number of fused-ring (bicyclic) bond motifs is 1. The lowest BCUT2D eigenvalue weighted by molar-refractivity contribution is 0.0627. The second kappa shape index (κ2) is 9.40. The molecular weight excluding hydrogens is 454 g/mol. The first-order chi connectivity index (χ1) is 16.5. The first-order valence-electron chi connectivity index (χ1n) is 11.1. The highest BCUT2D eigenvalue weighted by molar-refractivity contribution is 7.15. The van der Waals surface area contributed by atoms with E-state index < -0.39 is 0 Å². The zero-order chi connectivity index (χ0) is 23.7. The highest BCUT2D eigenvalue weighted by atomic mass is 32.1. The number of nitrogens with zero attached hydrogens (tertiary/aromatic N) is 5. The molecule has 10 heteroatoms. The molecule has 1 aliphatic heterocycles. The zero-order valence-electron chi connectivity index (χ0n) is 19.1. The molecule has 9 nitrogen and oxygen atoms in total. The largest absolute Gasteiger partial charge is 0.489 e. The second-order valence-corrected chi connectivity index (χ2v) is 9.20. The van der Waals surface area contributed by atoms with E-state index in [1.165, 1.54) is 11.3 Å². The Bertz CT molecular complexity index is 1350. The maximum Gasteiger partial charge on any atom is 0.258 e. The molecule has 1 fully saturated rings. The van der Waals surface area contributed by atoms with Crippen LogP contribution in [0.5, 0.6) is 5.75 Å². The first kappa shape index (κ1) is 22.3. The third-order valence-corrected chi connectivity index (χ3v) is 6.82. The predicted octanol–water partition coefficient (Wildman–Crippen LogP) is 2.90. The molecule has 176 valence electrons. The highest BCUT2D eigenvalue weighted by Crippen LogP contribution is 2.19. The average Bonchev–Trinajstić information content (AvgIpc) is 3.45. The van der Waals surface area contributed by atoms with Crippen LogP contribution in [0.25, 0.3) is 4.96 Å². The van der Waals surface area contributed by atoms with Gasteiger partial charge in [-0.15, -0.1) is 11.3 Å². The van der Waals surface area contributed by atoms with Gasteiger partial charge in [0, 0.05) is 55.9 Å². The van der Waals surface area contributed by atoms with Gasteiger partial charge in [0.15, 0.2) is 4.96 Å². The van der Waals surface area contributed by atoms with Crippen molar-refractivity contribution in [1.29, 1.82) is 0 Å². The van der Waals surface area contributed by atoms with Crippen LogP contribution in [0.4, 0.5) is 0 Å². The van der Waals surface area contributed by atoms with Crippen LogP contribution in [0.15, 0.2) is 51.2 Å². The van der Waals surface area contributed by atoms with Gasteiger partial charge in [0.05, 0.1) is 17.0 Å². The monoisotopic (exact) mass is 479 g/mol. The number of thiazole rings is 1. The van der Waals surface area contributed by atoms with Gasteiger partial charge in [-0.3, -0.25) is 18.9 Å². The molecule has 0 atom stereocenters. The van der Waals surface area contributed by atoms with E-state index in [0.717, 1.165) is 35.8 Å². The standard InChI is InChI=1S/C24H25N5O4S/c1-16-21(17(2)33-26-16)15-32-20-5-3-18(4-6-20)23(31)28-9-7-27(8-10-28)14-19-13-22(30)29-11-12-34-24(29)25-19/h3-6,11-13H,7-10,14-15H2,1-2H3. The minimum atomic E-state index is -0.0609. The van der Waals surface area contributed by atoms with Crippen molar-refractivity contribution in [3.63, 3.8) is 0 Å². The van der Waals surface area contributed by atoms with E-state index in [2.05, 4.69) is 15.0 Å². The fraction of sp³-hybridized carbons (Fsp3) is 0.333. The van der Waals surface area contributed by atoms with Crippen LogP contribution in [-0.2, 0) is 13.2 Å². The SMILES string of the molecule is Cc1noc(C)c1COc1ccc(C(=O)N2CCN(Cc3cc(=O)n4ccsc4n3)CC2)cc1. The number of rotatable bonds is 6. The van der Waals surface area contributed by atoms with E-state index in [0.29, 0.717) is 42.5 Å². The number of hydrogen-bond acceptors (Lipinski definition) is 8. The van der Waals surface area contributed by atoms with Crippen LogP contribution in [0, 0.1) is 13.8 Å². The van der Waals surface area contributed by atoms with E-state index in [9.17, 15) is 9.59 Å². The summed E-state index contributed by atoms with van der Waals surface area (Å²) in [5, 5.41) is 5.79. The number of amides is 1. The lowest BCUT2D eigenvalue weighted by atomic mass is 10.1. The van der Waals surface area contributed by atoms with Gasteiger partial charge in [0.1, 0.15) is 18.1 Å². The van der Waals surface area contributed by atoms with Crippen LogP contribution < -0.4 is 10.3 Å². The maximum absolute atomic E-state index is 13.0. The minimum absolute atomic E-state index is 0.00768. The fourth-order valence-electron chi connectivity index (χ4n) is 4.05. The molecule has 1 aliphatic rings. The van der Waals surface area contributed by atoms with Crippen LogP contribution in [-0.4, -0.2) is 56.4 Å².